The Kier molecular flexibility index (Phi) is 5.58. The Morgan fingerprint density at radius 1 is 1.32 bits per heavy atom. The van der Waals surface area contributed by atoms with Gasteiger partial charge >= 0.3 is 12.0 Å². The number of furan rings is 1. The number of benzene rings is 1. The number of hydrogen-bond donors (Lipinski definition) is 2. The summed E-state index contributed by atoms with van der Waals surface area (Å²) in [6.45, 7) is -0.143. The highest BCUT2D eigenvalue weighted by atomic mass is 127. The molecule has 10 heteroatoms. The molecule has 1 saturated heterocycles. The molecule has 0 saturated carbocycles. The van der Waals surface area contributed by atoms with Crippen LogP contribution in [0.2, 0.25) is 0 Å². The Bertz CT molecular complexity index is 996. The quantitative estimate of drug-likeness (QED) is 0.282. The van der Waals surface area contributed by atoms with Crippen molar-refractivity contribution >= 4 is 46.6 Å². The monoisotopic (exact) mass is 498 g/mol. The minimum Gasteiger partial charge on any atom is -0.504 e. The normalized spacial score (nSPS) is 15.1. The van der Waals surface area contributed by atoms with Crippen LogP contribution >= 0.6 is 22.6 Å². The average molecular weight is 498 g/mol. The molecule has 28 heavy (non-hydrogen) atoms. The number of amides is 3. The van der Waals surface area contributed by atoms with Crippen molar-refractivity contribution in [2.45, 2.75) is 6.54 Å². The van der Waals surface area contributed by atoms with Crippen LogP contribution in [0.1, 0.15) is 21.9 Å². The first-order valence-electron chi connectivity index (χ1n) is 7.92. The number of urea groups is 1. The third kappa shape index (κ3) is 3.81. The van der Waals surface area contributed by atoms with Gasteiger partial charge in [0.05, 0.1) is 24.3 Å². The van der Waals surface area contributed by atoms with Crippen LogP contribution in [-0.4, -0.2) is 42.1 Å². The molecule has 0 atom stereocenters. The van der Waals surface area contributed by atoms with Crippen molar-refractivity contribution in [1.82, 2.24) is 10.2 Å². The van der Waals surface area contributed by atoms with Gasteiger partial charge in [0.25, 0.3) is 5.91 Å². The summed E-state index contributed by atoms with van der Waals surface area (Å²) in [5, 5.41) is 12.4. The Hall–Kier alpha value is -3.02. The number of carbonyl (C=O) groups excluding carboxylic acids is 3. The number of hydrogen-bond acceptors (Lipinski definition) is 7. The lowest BCUT2D eigenvalue weighted by atomic mass is 10.1. The van der Waals surface area contributed by atoms with Crippen molar-refractivity contribution < 1.29 is 33.4 Å². The fourth-order valence-electron chi connectivity index (χ4n) is 2.54. The molecule has 2 N–H and O–H groups in total. The van der Waals surface area contributed by atoms with Gasteiger partial charge in [0.1, 0.15) is 11.5 Å². The van der Waals surface area contributed by atoms with Crippen molar-refractivity contribution in [3.63, 3.8) is 0 Å². The van der Waals surface area contributed by atoms with Gasteiger partial charge in [-0.15, -0.1) is 0 Å². The summed E-state index contributed by atoms with van der Waals surface area (Å²) in [5.41, 5.74) is 0.629. The molecular formula is C18H15IN2O7. The van der Waals surface area contributed by atoms with Crippen LogP contribution in [-0.2, 0) is 16.1 Å². The van der Waals surface area contributed by atoms with E-state index in [2.05, 4.69) is 10.1 Å². The second kappa shape index (κ2) is 7.92. The van der Waals surface area contributed by atoms with Gasteiger partial charge in [-0.05, 0) is 58.5 Å². The minimum absolute atomic E-state index is 0.00658. The van der Waals surface area contributed by atoms with Gasteiger partial charge in [-0.25, -0.2) is 9.59 Å². The van der Waals surface area contributed by atoms with E-state index in [0.29, 0.717) is 9.13 Å². The standard InChI is InChI=1S/C18H15IN2O7/c1-26-14-7-9(5-11(19)15(14)22)6-12-16(23)21(18(25)20-12)8-10-3-4-13(28-10)17(24)27-2/h3-7,22H,8H2,1-2H3,(H,20,25)/b12-6-. The molecule has 0 unspecified atom stereocenters. The molecule has 0 bridgehead atoms. The van der Waals surface area contributed by atoms with E-state index in [1.165, 1.54) is 32.4 Å². The third-order valence-electron chi connectivity index (χ3n) is 3.91. The second-order valence-corrected chi connectivity index (χ2v) is 6.85. The number of ether oxygens (including phenoxy) is 2. The molecule has 1 aliphatic heterocycles. The number of carbonyl (C=O) groups is 3. The molecule has 1 aromatic heterocycles. The van der Waals surface area contributed by atoms with Crippen molar-refractivity contribution in [2.75, 3.05) is 14.2 Å². The van der Waals surface area contributed by atoms with Crippen molar-refractivity contribution in [3.8, 4) is 11.5 Å². The molecule has 0 spiro atoms. The number of imide groups is 1. The molecule has 9 nitrogen and oxygen atoms in total. The first kappa shape index (κ1) is 19.7. The summed E-state index contributed by atoms with van der Waals surface area (Å²) in [6.07, 6.45) is 1.48. The largest absolute Gasteiger partial charge is 0.504 e. The summed E-state index contributed by atoms with van der Waals surface area (Å²) in [6, 6.07) is 5.46. The van der Waals surface area contributed by atoms with Crippen LogP contribution in [0.15, 0.2) is 34.4 Å². The van der Waals surface area contributed by atoms with E-state index in [-0.39, 0.29) is 35.3 Å². The van der Waals surface area contributed by atoms with Gasteiger partial charge in [0.2, 0.25) is 5.76 Å². The Labute approximate surface area is 173 Å². The topological polar surface area (TPSA) is 118 Å². The highest BCUT2D eigenvalue weighted by Gasteiger charge is 2.34. The van der Waals surface area contributed by atoms with E-state index in [4.69, 9.17) is 9.15 Å². The molecule has 2 heterocycles. The van der Waals surface area contributed by atoms with E-state index in [9.17, 15) is 19.5 Å². The van der Waals surface area contributed by atoms with Crippen LogP contribution in [0, 0.1) is 3.57 Å². The van der Waals surface area contributed by atoms with Gasteiger partial charge in [-0.3, -0.25) is 9.69 Å². The predicted octanol–water partition coefficient (Wildman–Crippen LogP) is 2.48. The van der Waals surface area contributed by atoms with E-state index in [1.807, 2.05) is 22.6 Å². The summed E-state index contributed by atoms with van der Waals surface area (Å²) in [7, 11) is 2.64. The van der Waals surface area contributed by atoms with Crippen LogP contribution < -0.4 is 10.1 Å². The first-order chi connectivity index (χ1) is 13.3. The molecule has 0 radical (unpaired) electrons. The SMILES string of the molecule is COC(=O)c1ccc(CN2C(=O)N/C(=C\c3cc(I)c(O)c(OC)c3)C2=O)o1. The second-order valence-electron chi connectivity index (χ2n) is 5.69. The van der Waals surface area contributed by atoms with Crippen molar-refractivity contribution in [3.05, 3.63) is 50.6 Å². The number of methoxy groups -OCH3 is 2. The molecule has 1 fully saturated rings. The Morgan fingerprint density at radius 3 is 2.75 bits per heavy atom. The zero-order chi connectivity index (χ0) is 20.4. The van der Waals surface area contributed by atoms with E-state index >= 15 is 0 Å². The molecule has 2 aromatic rings. The fourth-order valence-corrected chi connectivity index (χ4v) is 3.17. The number of rotatable bonds is 5. The van der Waals surface area contributed by atoms with Gasteiger partial charge in [0, 0.05) is 0 Å². The zero-order valence-electron chi connectivity index (χ0n) is 14.8. The van der Waals surface area contributed by atoms with Crippen LogP contribution in [0.5, 0.6) is 11.5 Å². The Morgan fingerprint density at radius 2 is 2.07 bits per heavy atom. The maximum Gasteiger partial charge on any atom is 0.373 e. The van der Waals surface area contributed by atoms with E-state index < -0.39 is 17.9 Å². The predicted molar refractivity (Wildman–Crippen MR) is 104 cm³/mol. The number of phenols is 1. The number of aromatic hydroxyl groups is 1. The molecule has 1 aromatic carbocycles. The lowest BCUT2D eigenvalue weighted by Gasteiger charge is -2.09. The summed E-state index contributed by atoms with van der Waals surface area (Å²) in [5.74, 6) is -0.730. The highest BCUT2D eigenvalue weighted by Crippen LogP contribution is 2.33. The number of nitrogens with one attached hydrogen (secondary N) is 1. The molecule has 3 rings (SSSR count). The number of nitrogens with zero attached hydrogens (tertiary/aromatic N) is 1. The van der Waals surface area contributed by atoms with Gasteiger partial charge in [-0.1, -0.05) is 0 Å². The Balaban J connectivity index is 1.82. The van der Waals surface area contributed by atoms with Crippen molar-refractivity contribution in [2.24, 2.45) is 0 Å². The lowest BCUT2D eigenvalue weighted by molar-refractivity contribution is -0.123. The number of esters is 1. The lowest BCUT2D eigenvalue weighted by Crippen LogP contribution is -2.30. The van der Waals surface area contributed by atoms with E-state index in [1.54, 1.807) is 12.1 Å². The highest BCUT2D eigenvalue weighted by molar-refractivity contribution is 14.1. The van der Waals surface area contributed by atoms with Gasteiger partial charge < -0.3 is 24.3 Å². The van der Waals surface area contributed by atoms with Gasteiger partial charge in [0.15, 0.2) is 11.5 Å². The molecule has 0 aliphatic carbocycles. The summed E-state index contributed by atoms with van der Waals surface area (Å²) < 4.78 is 15.5. The zero-order valence-corrected chi connectivity index (χ0v) is 17.0. The number of phenolic OH excluding ortho intramolecular Hbond substituents is 1. The molecule has 146 valence electrons. The smallest absolute Gasteiger partial charge is 0.373 e. The van der Waals surface area contributed by atoms with Crippen molar-refractivity contribution in [1.29, 1.82) is 0 Å². The van der Waals surface area contributed by atoms with Crippen LogP contribution in [0.4, 0.5) is 4.79 Å². The first-order valence-corrected chi connectivity index (χ1v) is 9.00. The summed E-state index contributed by atoms with van der Waals surface area (Å²) in [4.78, 5) is 37.2. The molecular weight excluding hydrogens is 483 g/mol. The summed E-state index contributed by atoms with van der Waals surface area (Å²) >= 11 is 1.93. The molecule has 3 amide bonds. The average Bonchev–Trinajstić information content (AvgIpc) is 3.24. The van der Waals surface area contributed by atoms with Crippen LogP contribution in [0.25, 0.3) is 6.08 Å². The van der Waals surface area contributed by atoms with Crippen LogP contribution in [0.3, 0.4) is 0 Å². The third-order valence-corrected chi connectivity index (χ3v) is 4.73. The van der Waals surface area contributed by atoms with Gasteiger partial charge in [-0.2, -0.15) is 0 Å². The fraction of sp³-hybridized carbons (Fsp3) is 0.167. The number of halogens is 1. The van der Waals surface area contributed by atoms with E-state index in [0.717, 1.165) is 4.90 Å². The molecule has 1 aliphatic rings. The maximum absolute atomic E-state index is 12.6. The maximum atomic E-state index is 12.6. The minimum atomic E-state index is -0.653.